The third-order valence-electron chi connectivity index (χ3n) is 2.27. The highest BCUT2D eigenvalue weighted by Gasteiger charge is 1.88. The van der Waals surface area contributed by atoms with Gasteiger partial charge in [0.1, 0.15) is 0 Å². The van der Waals surface area contributed by atoms with Gasteiger partial charge in [0.2, 0.25) is 0 Å². The Morgan fingerprint density at radius 1 is 1.00 bits per heavy atom. The first-order chi connectivity index (χ1) is 7.93. The van der Waals surface area contributed by atoms with Crippen LogP contribution in [0.25, 0.3) is 6.08 Å². The van der Waals surface area contributed by atoms with E-state index in [1.165, 1.54) is 5.56 Å². The zero-order chi connectivity index (χ0) is 11.5. The van der Waals surface area contributed by atoms with Crippen LogP contribution in [0.3, 0.4) is 0 Å². The van der Waals surface area contributed by atoms with Crippen LogP contribution in [0, 0.1) is 0 Å². The number of unbranched alkanes of at least 4 members (excludes halogenated alkanes) is 2. The Kier molecular flexibility index (Phi) is 7.18. The highest BCUT2D eigenvalue weighted by atomic mass is 16.5. The molecule has 16 heavy (non-hydrogen) atoms. The summed E-state index contributed by atoms with van der Waals surface area (Å²) < 4.78 is 10.4. The van der Waals surface area contributed by atoms with E-state index in [9.17, 15) is 0 Å². The minimum Gasteiger partial charge on any atom is -0.501 e. The van der Waals surface area contributed by atoms with Gasteiger partial charge in [-0.1, -0.05) is 30.3 Å². The monoisotopic (exact) mass is 220 g/mol. The van der Waals surface area contributed by atoms with Crippen molar-refractivity contribution in [1.82, 2.24) is 0 Å². The predicted octanol–water partition coefficient (Wildman–Crippen LogP) is 3.49. The minimum absolute atomic E-state index is 0.785. The van der Waals surface area contributed by atoms with Crippen LogP contribution in [0.4, 0.5) is 0 Å². The number of methoxy groups -OCH3 is 1. The van der Waals surface area contributed by atoms with Gasteiger partial charge in [-0.15, -0.1) is 0 Å². The molecule has 0 aliphatic heterocycles. The lowest BCUT2D eigenvalue weighted by molar-refractivity contribution is 0.185. The Morgan fingerprint density at radius 2 is 1.75 bits per heavy atom. The summed E-state index contributed by atoms with van der Waals surface area (Å²) in [4.78, 5) is 0. The molecular formula is C14H20O2. The second kappa shape index (κ2) is 8.98. The molecule has 0 heterocycles. The van der Waals surface area contributed by atoms with Crippen molar-refractivity contribution in [2.24, 2.45) is 0 Å². The van der Waals surface area contributed by atoms with Crippen molar-refractivity contribution in [2.75, 3.05) is 20.3 Å². The number of rotatable bonds is 8. The van der Waals surface area contributed by atoms with Gasteiger partial charge >= 0.3 is 0 Å². The van der Waals surface area contributed by atoms with Crippen molar-refractivity contribution in [3.05, 3.63) is 42.2 Å². The third-order valence-corrected chi connectivity index (χ3v) is 2.27. The van der Waals surface area contributed by atoms with E-state index < -0.39 is 0 Å². The molecule has 2 heteroatoms. The van der Waals surface area contributed by atoms with Gasteiger partial charge in [-0.3, -0.25) is 0 Å². The summed E-state index contributed by atoms with van der Waals surface area (Å²) in [5, 5.41) is 0. The lowest BCUT2D eigenvalue weighted by Crippen LogP contribution is -1.91. The van der Waals surface area contributed by atoms with E-state index in [1.807, 2.05) is 24.3 Å². The molecule has 0 aliphatic carbocycles. The van der Waals surface area contributed by atoms with Crippen molar-refractivity contribution in [1.29, 1.82) is 0 Å². The third kappa shape index (κ3) is 6.25. The zero-order valence-corrected chi connectivity index (χ0v) is 9.89. The quantitative estimate of drug-likeness (QED) is 0.493. The SMILES string of the molecule is COCCCCCOC=Cc1ccccc1. The molecule has 1 aromatic carbocycles. The predicted molar refractivity (Wildman–Crippen MR) is 67.2 cm³/mol. The Labute approximate surface area is 97.9 Å². The van der Waals surface area contributed by atoms with Crippen molar-refractivity contribution >= 4 is 6.08 Å². The Balaban J connectivity index is 2.01. The Bertz CT molecular complexity index is 280. The van der Waals surface area contributed by atoms with Gasteiger partial charge in [-0.05, 0) is 30.9 Å². The molecule has 0 aliphatic rings. The van der Waals surface area contributed by atoms with E-state index in [0.717, 1.165) is 32.5 Å². The maximum atomic E-state index is 5.40. The van der Waals surface area contributed by atoms with Gasteiger partial charge in [0.25, 0.3) is 0 Å². The average Bonchev–Trinajstić information content (AvgIpc) is 2.34. The van der Waals surface area contributed by atoms with Crippen molar-refractivity contribution in [2.45, 2.75) is 19.3 Å². The fraction of sp³-hybridized carbons (Fsp3) is 0.429. The minimum atomic E-state index is 0.785. The molecule has 1 rings (SSSR count). The van der Waals surface area contributed by atoms with Gasteiger partial charge in [-0.25, -0.2) is 0 Å². The van der Waals surface area contributed by atoms with Gasteiger partial charge in [-0.2, -0.15) is 0 Å². The second-order valence-corrected chi connectivity index (χ2v) is 3.64. The highest BCUT2D eigenvalue weighted by Crippen LogP contribution is 2.02. The zero-order valence-electron chi connectivity index (χ0n) is 9.89. The molecule has 0 saturated heterocycles. The van der Waals surface area contributed by atoms with E-state index in [4.69, 9.17) is 9.47 Å². The molecule has 0 bridgehead atoms. The van der Waals surface area contributed by atoms with Crippen molar-refractivity contribution in [3.8, 4) is 0 Å². The topological polar surface area (TPSA) is 18.5 Å². The molecular weight excluding hydrogens is 200 g/mol. The molecule has 2 nitrogen and oxygen atoms in total. The smallest absolute Gasteiger partial charge is 0.0873 e. The Morgan fingerprint density at radius 3 is 2.50 bits per heavy atom. The largest absolute Gasteiger partial charge is 0.501 e. The standard InChI is InChI=1S/C14H20O2/c1-15-11-6-3-7-12-16-13-10-14-8-4-2-5-9-14/h2,4-5,8-10,13H,3,6-7,11-12H2,1H3. The maximum absolute atomic E-state index is 5.40. The first-order valence-electron chi connectivity index (χ1n) is 5.75. The molecule has 0 N–H and O–H groups in total. The van der Waals surface area contributed by atoms with Gasteiger partial charge in [0.15, 0.2) is 0 Å². The van der Waals surface area contributed by atoms with Crippen LogP contribution >= 0.6 is 0 Å². The molecule has 0 amide bonds. The summed E-state index contributed by atoms with van der Waals surface area (Å²) in [7, 11) is 1.74. The lowest BCUT2D eigenvalue weighted by atomic mass is 10.2. The molecule has 0 aromatic heterocycles. The van der Waals surface area contributed by atoms with E-state index in [0.29, 0.717) is 0 Å². The van der Waals surface area contributed by atoms with Crippen LogP contribution in [-0.2, 0) is 9.47 Å². The molecule has 1 aromatic rings. The van der Waals surface area contributed by atoms with Gasteiger partial charge in [0.05, 0.1) is 12.9 Å². The molecule has 0 fully saturated rings. The number of ether oxygens (including phenoxy) is 2. The number of hydrogen-bond donors (Lipinski definition) is 0. The summed E-state index contributed by atoms with van der Waals surface area (Å²) in [6.07, 6.45) is 7.11. The summed E-state index contributed by atoms with van der Waals surface area (Å²) in [6.45, 7) is 1.63. The molecule has 0 radical (unpaired) electrons. The Hall–Kier alpha value is -1.28. The summed E-state index contributed by atoms with van der Waals surface area (Å²) in [6, 6.07) is 10.2. The molecule has 0 unspecified atom stereocenters. The first-order valence-corrected chi connectivity index (χ1v) is 5.75. The van der Waals surface area contributed by atoms with Crippen molar-refractivity contribution < 1.29 is 9.47 Å². The second-order valence-electron chi connectivity index (χ2n) is 3.64. The highest BCUT2D eigenvalue weighted by molar-refractivity contribution is 5.47. The van der Waals surface area contributed by atoms with Gasteiger partial charge in [0, 0.05) is 13.7 Å². The van der Waals surface area contributed by atoms with Crippen LogP contribution in [0.1, 0.15) is 24.8 Å². The first kappa shape index (κ1) is 12.8. The molecule has 88 valence electrons. The molecule has 0 spiro atoms. The number of hydrogen-bond acceptors (Lipinski definition) is 2. The van der Waals surface area contributed by atoms with E-state index in [-0.39, 0.29) is 0 Å². The molecule has 0 saturated carbocycles. The summed E-state index contributed by atoms with van der Waals surface area (Å²) >= 11 is 0. The molecule has 0 atom stereocenters. The van der Waals surface area contributed by atoms with E-state index >= 15 is 0 Å². The maximum Gasteiger partial charge on any atom is 0.0873 e. The van der Waals surface area contributed by atoms with Gasteiger partial charge < -0.3 is 9.47 Å². The normalized spacial score (nSPS) is 10.8. The fourth-order valence-corrected chi connectivity index (χ4v) is 1.37. The van der Waals surface area contributed by atoms with Crippen LogP contribution in [0.2, 0.25) is 0 Å². The van der Waals surface area contributed by atoms with Crippen LogP contribution in [0.5, 0.6) is 0 Å². The van der Waals surface area contributed by atoms with E-state index in [2.05, 4.69) is 12.1 Å². The lowest BCUT2D eigenvalue weighted by Gasteiger charge is -2.00. The van der Waals surface area contributed by atoms with Crippen LogP contribution < -0.4 is 0 Å². The number of benzene rings is 1. The van der Waals surface area contributed by atoms with Crippen LogP contribution in [-0.4, -0.2) is 20.3 Å². The summed E-state index contributed by atoms with van der Waals surface area (Å²) in [5.41, 5.74) is 1.17. The average molecular weight is 220 g/mol. The summed E-state index contributed by atoms with van der Waals surface area (Å²) in [5.74, 6) is 0. The fourth-order valence-electron chi connectivity index (χ4n) is 1.37. The van der Waals surface area contributed by atoms with E-state index in [1.54, 1.807) is 13.4 Å². The van der Waals surface area contributed by atoms with Crippen molar-refractivity contribution in [3.63, 3.8) is 0 Å². The van der Waals surface area contributed by atoms with Crippen LogP contribution in [0.15, 0.2) is 36.6 Å².